The monoisotopic (exact) mass is 441 g/mol. The van der Waals surface area contributed by atoms with Gasteiger partial charge in [0, 0.05) is 23.8 Å². The number of nitrogens with zero attached hydrogens (tertiary/aromatic N) is 1. The molecule has 1 fully saturated rings. The van der Waals surface area contributed by atoms with Crippen LogP contribution in [-0.4, -0.2) is 45.2 Å². The van der Waals surface area contributed by atoms with Gasteiger partial charge in [-0.05, 0) is 61.2 Å². The highest BCUT2D eigenvalue weighted by atomic mass is 32.2. The molecule has 0 N–H and O–H groups in total. The van der Waals surface area contributed by atoms with Gasteiger partial charge in [0.25, 0.3) is 5.91 Å². The smallest absolute Gasteiger partial charge is 0.254 e. The molecule has 1 atom stereocenters. The summed E-state index contributed by atoms with van der Waals surface area (Å²) in [4.78, 5) is 15.7. The molecule has 6 nitrogen and oxygen atoms in total. The topological polar surface area (TPSA) is 72.9 Å². The fourth-order valence-electron chi connectivity index (χ4n) is 5.38. The molecule has 2 aromatic carbocycles. The van der Waals surface area contributed by atoms with Gasteiger partial charge in [0.05, 0.1) is 10.9 Å². The maximum absolute atomic E-state index is 13.6. The van der Waals surface area contributed by atoms with Gasteiger partial charge in [-0.15, -0.1) is 0 Å². The van der Waals surface area contributed by atoms with E-state index in [1.165, 1.54) is 17.7 Å². The minimum Gasteiger partial charge on any atom is -0.486 e. The van der Waals surface area contributed by atoms with Crippen molar-refractivity contribution in [3.8, 4) is 11.5 Å². The predicted molar refractivity (Wildman–Crippen MR) is 117 cm³/mol. The lowest BCUT2D eigenvalue weighted by Gasteiger charge is -2.46. The number of amides is 1. The molecule has 2 heterocycles. The molecule has 1 amide bonds. The summed E-state index contributed by atoms with van der Waals surface area (Å²) < 4.78 is 35.7. The summed E-state index contributed by atoms with van der Waals surface area (Å²) in [6.07, 6.45) is 5.48. The third kappa shape index (κ3) is 3.39. The second kappa shape index (κ2) is 7.26. The van der Waals surface area contributed by atoms with Crippen molar-refractivity contribution in [2.24, 2.45) is 0 Å². The van der Waals surface area contributed by atoms with Gasteiger partial charge in [-0.1, -0.05) is 18.9 Å². The number of fused-ring (bicyclic) bond motifs is 3. The lowest BCUT2D eigenvalue weighted by Crippen LogP contribution is -2.48. The van der Waals surface area contributed by atoms with E-state index >= 15 is 0 Å². The minimum absolute atomic E-state index is 0.0955. The van der Waals surface area contributed by atoms with Crippen LogP contribution in [0.15, 0.2) is 41.3 Å². The Kier molecular flexibility index (Phi) is 4.77. The average molecular weight is 442 g/mol. The number of ether oxygens (including phenoxy) is 2. The van der Waals surface area contributed by atoms with Crippen molar-refractivity contribution in [1.82, 2.24) is 4.90 Å². The van der Waals surface area contributed by atoms with Crippen molar-refractivity contribution in [2.75, 3.05) is 26.0 Å². The molecule has 3 aliphatic rings. The van der Waals surface area contributed by atoms with Crippen LogP contribution in [-0.2, 0) is 15.3 Å². The predicted octanol–water partition coefficient (Wildman–Crippen LogP) is 3.89. The van der Waals surface area contributed by atoms with E-state index in [1.54, 1.807) is 12.1 Å². The van der Waals surface area contributed by atoms with Gasteiger partial charge in [0.2, 0.25) is 0 Å². The Morgan fingerprint density at radius 3 is 2.42 bits per heavy atom. The Morgan fingerprint density at radius 1 is 1.06 bits per heavy atom. The third-order valence-electron chi connectivity index (χ3n) is 7.01. The zero-order valence-electron chi connectivity index (χ0n) is 17.9. The zero-order chi connectivity index (χ0) is 21.8. The minimum atomic E-state index is -3.39. The van der Waals surface area contributed by atoms with Crippen LogP contribution in [0.1, 0.15) is 60.1 Å². The molecule has 2 aliphatic heterocycles. The summed E-state index contributed by atoms with van der Waals surface area (Å²) in [7, 11) is -3.39. The van der Waals surface area contributed by atoms with Crippen LogP contribution < -0.4 is 9.47 Å². The van der Waals surface area contributed by atoms with E-state index in [-0.39, 0.29) is 22.3 Å². The quantitative estimate of drug-likeness (QED) is 0.707. The Labute approximate surface area is 183 Å². The first-order valence-corrected chi connectivity index (χ1v) is 12.7. The van der Waals surface area contributed by atoms with Gasteiger partial charge in [-0.25, -0.2) is 8.42 Å². The molecule has 0 radical (unpaired) electrons. The lowest BCUT2D eigenvalue weighted by atomic mass is 9.71. The summed E-state index contributed by atoms with van der Waals surface area (Å²) in [5.41, 5.74) is 2.69. The van der Waals surface area contributed by atoms with E-state index in [2.05, 4.69) is 6.07 Å². The molecule has 0 saturated heterocycles. The largest absolute Gasteiger partial charge is 0.486 e. The number of hydrogen-bond donors (Lipinski definition) is 0. The average Bonchev–Trinajstić information content (AvgIpc) is 3.24. The van der Waals surface area contributed by atoms with Gasteiger partial charge in [0.1, 0.15) is 13.2 Å². The number of hydrogen-bond acceptors (Lipinski definition) is 5. The molecule has 164 valence electrons. The summed E-state index contributed by atoms with van der Waals surface area (Å²) in [6.45, 7) is 3.74. The maximum Gasteiger partial charge on any atom is 0.254 e. The summed E-state index contributed by atoms with van der Waals surface area (Å²) >= 11 is 0. The number of sulfone groups is 1. The zero-order valence-corrected chi connectivity index (χ0v) is 18.7. The van der Waals surface area contributed by atoms with Gasteiger partial charge >= 0.3 is 0 Å². The van der Waals surface area contributed by atoms with Crippen LogP contribution in [0.25, 0.3) is 0 Å². The van der Waals surface area contributed by atoms with Crippen LogP contribution >= 0.6 is 0 Å². The van der Waals surface area contributed by atoms with Crippen LogP contribution in [0.2, 0.25) is 0 Å². The van der Waals surface area contributed by atoms with E-state index < -0.39 is 9.84 Å². The van der Waals surface area contributed by atoms with Crippen LogP contribution in [0.4, 0.5) is 0 Å². The Balaban J connectivity index is 1.58. The molecule has 5 rings (SSSR count). The van der Waals surface area contributed by atoms with E-state index in [0.29, 0.717) is 25.3 Å². The van der Waals surface area contributed by atoms with E-state index in [0.717, 1.165) is 49.0 Å². The second-order valence-electron chi connectivity index (χ2n) is 8.98. The van der Waals surface area contributed by atoms with Gasteiger partial charge < -0.3 is 14.4 Å². The number of rotatable bonds is 2. The molecule has 2 aromatic rings. The molecule has 1 spiro atoms. The first-order chi connectivity index (χ1) is 14.8. The Bertz CT molecular complexity index is 1150. The van der Waals surface area contributed by atoms with Crippen molar-refractivity contribution >= 4 is 15.7 Å². The lowest BCUT2D eigenvalue weighted by molar-refractivity contribution is 0.0593. The fraction of sp³-hybridized carbons (Fsp3) is 0.458. The molecule has 1 saturated carbocycles. The third-order valence-corrected chi connectivity index (χ3v) is 8.12. The summed E-state index contributed by atoms with van der Waals surface area (Å²) in [6, 6.07) is 10.4. The molecular formula is C24H27NO5S. The Hall–Kier alpha value is -2.54. The summed E-state index contributed by atoms with van der Waals surface area (Å²) in [5, 5.41) is 0. The van der Waals surface area contributed by atoms with Gasteiger partial charge in [-0.2, -0.15) is 0 Å². The molecular weight excluding hydrogens is 414 g/mol. The fourth-order valence-corrected chi connectivity index (χ4v) is 6.04. The van der Waals surface area contributed by atoms with Crippen LogP contribution in [0.5, 0.6) is 11.5 Å². The Morgan fingerprint density at radius 2 is 1.74 bits per heavy atom. The number of carbonyl (C=O) groups excluding carboxylic acids is 1. The van der Waals surface area contributed by atoms with Crippen molar-refractivity contribution in [3.05, 3.63) is 53.1 Å². The summed E-state index contributed by atoms with van der Waals surface area (Å²) in [5.74, 6) is 1.40. The first-order valence-electron chi connectivity index (χ1n) is 10.8. The molecule has 0 aromatic heterocycles. The highest BCUT2D eigenvalue weighted by Crippen LogP contribution is 2.52. The van der Waals surface area contributed by atoms with Crippen molar-refractivity contribution in [3.63, 3.8) is 0 Å². The standard InChI is InChI=1S/C24H27NO5S/c1-16-19-13-21-22(30-11-10-29-21)14-20(19)24(8-3-4-9-24)15-25(16)23(26)17-6-5-7-18(12-17)31(2,27)28/h5-7,12-14,16H,3-4,8-11,15H2,1-2H3. The van der Waals surface area contributed by atoms with Gasteiger partial charge in [0.15, 0.2) is 21.3 Å². The van der Waals surface area contributed by atoms with Crippen molar-refractivity contribution in [1.29, 1.82) is 0 Å². The molecule has 1 unspecified atom stereocenters. The van der Waals surface area contributed by atoms with Crippen molar-refractivity contribution in [2.45, 2.75) is 49.0 Å². The molecule has 1 aliphatic carbocycles. The molecule has 0 bridgehead atoms. The van der Waals surface area contributed by atoms with Gasteiger partial charge in [-0.3, -0.25) is 4.79 Å². The highest BCUT2D eigenvalue weighted by molar-refractivity contribution is 7.90. The van der Waals surface area contributed by atoms with E-state index in [1.807, 2.05) is 17.9 Å². The highest BCUT2D eigenvalue weighted by Gasteiger charge is 2.46. The maximum atomic E-state index is 13.6. The normalized spacial score (nSPS) is 21.7. The van der Waals surface area contributed by atoms with Crippen LogP contribution in [0.3, 0.4) is 0 Å². The SMILES string of the molecule is CC1c2cc3c(cc2C2(CCCC2)CN1C(=O)c1cccc(S(C)(=O)=O)c1)OCCO3. The van der Waals surface area contributed by atoms with Crippen molar-refractivity contribution < 1.29 is 22.7 Å². The first kappa shape index (κ1) is 20.4. The number of benzene rings is 2. The second-order valence-corrected chi connectivity index (χ2v) is 11.0. The number of carbonyl (C=O) groups is 1. The molecule has 7 heteroatoms. The van der Waals surface area contributed by atoms with E-state index in [9.17, 15) is 13.2 Å². The molecule has 31 heavy (non-hydrogen) atoms. The van der Waals surface area contributed by atoms with Crippen LogP contribution in [0, 0.1) is 0 Å². The van der Waals surface area contributed by atoms with E-state index in [4.69, 9.17) is 9.47 Å².